The standard InChI is InChI=1S/C12H26N2/c1-4-8-14(9-5-2)10-12(13-3)11-6-7-11/h11-13H,4-10H2,1-3H3. The van der Waals surface area contributed by atoms with E-state index >= 15 is 0 Å². The molecule has 1 N–H and O–H groups in total. The minimum atomic E-state index is 0.744. The van der Waals surface area contributed by atoms with Gasteiger partial charge in [0.1, 0.15) is 0 Å². The molecule has 2 nitrogen and oxygen atoms in total. The van der Waals surface area contributed by atoms with Gasteiger partial charge in [-0.1, -0.05) is 13.8 Å². The van der Waals surface area contributed by atoms with Crippen molar-refractivity contribution < 1.29 is 0 Å². The first kappa shape index (κ1) is 12.0. The molecule has 0 aromatic heterocycles. The Bertz CT molecular complexity index is 137. The fourth-order valence-electron chi connectivity index (χ4n) is 2.18. The van der Waals surface area contributed by atoms with Crippen molar-refractivity contribution in [1.82, 2.24) is 10.2 Å². The van der Waals surface area contributed by atoms with Crippen molar-refractivity contribution in [2.45, 2.75) is 45.6 Å². The van der Waals surface area contributed by atoms with Crippen LogP contribution < -0.4 is 5.32 Å². The number of nitrogens with one attached hydrogen (secondary N) is 1. The average molecular weight is 198 g/mol. The molecule has 0 heterocycles. The van der Waals surface area contributed by atoms with E-state index in [1.165, 1.54) is 45.3 Å². The third kappa shape index (κ3) is 3.97. The molecule has 1 saturated carbocycles. The Balaban J connectivity index is 2.27. The van der Waals surface area contributed by atoms with Crippen LogP contribution in [0.4, 0.5) is 0 Å². The van der Waals surface area contributed by atoms with Crippen molar-refractivity contribution in [1.29, 1.82) is 0 Å². The molecule has 0 aliphatic heterocycles. The monoisotopic (exact) mass is 198 g/mol. The largest absolute Gasteiger partial charge is 0.315 e. The normalized spacial score (nSPS) is 18.9. The molecule has 14 heavy (non-hydrogen) atoms. The molecule has 0 amide bonds. The van der Waals surface area contributed by atoms with Crippen molar-refractivity contribution >= 4 is 0 Å². The van der Waals surface area contributed by atoms with Crippen LogP contribution in [-0.2, 0) is 0 Å². The van der Waals surface area contributed by atoms with Gasteiger partial charge in [0.25, 0.3) is 0 Å². The van der Waals surface area contributed by atoms with E-state index in [2.05, 4.69) is 31.1 Å². The molecule has 1 unspecified atom stereocenters. The van der Waals surface area contributed by atoms with Gasteiger partial charge in [-0.25, -0.2) is 0 Å². The van der Waals surface area contributed by atoms with Gasteiger partial charge in [0, 0.05) is 12.6 Å². The second kappa shape index (κ2) is 6.41. The summed E-state index contributed by atoms with van der Waals surface area (Å²) >= 11 is 0. The zero-order valence-corrected chi connectivity index (χ0v) is 10.1. The fourth-order valence-corrected chi connectivity index (χ4v) is 2.18. The Morgan fingerprint density at radius 3 is 2.14 bits per heavy atom. The Morgan fingerprint density at radius 2 is 1.79 bits per heavy atom. The van der Waals surface area contributed by atoms with Crippen LogP contribution in [0.1, 0.15) is 39.5 Å². The maximum atomic E-state index is 3.47. The quantitative estimate of drug-likeness (QED) is 0.642. The molecule has 84 valence electrons. The highest BCUT2D eigenvalue weighted by Gasteiger charge is 2.30. The molecule has 1 fully saturated rings. The first-order valence-electron chi connectivity index (χ1n) is 6.21. The Kier molecular flexibility index (Phi) is 5.49. The highest BCUT2D eigenvalue weighted by Crippen LogP contribution is 2.32. The van der Waals surface area contributed by atoms with Crippen molar-refractivity contribution in [3.63, 3.8) is 0 Å². The molecule has 1 aliphatic rings. The zero-order chi connectivity index (χ0) is 10.4. The second-order valence-electron chi connectivity index (χ2n) is 4.53. The molecule has 0 spiro atoms. The molecule has 2 heteroatoms. The van der Waals surface area contributed by atoms with E-state index in [9.17, 15) is 0 Å². The maximum absolute atomic E-state index is 3.47. The van der Waals surface area contributed by atoms with Crippen LogP contribution in [0.3, 0.4) is 0 Å². The summed E-state index contributed by atoms with van der Waals surface area (Å²) in [7, 11) is 2.11. The summed E-state index contributed by atoms with van der Waals surface area (Å²) in [5.74, 6) is 0.969. The van der Waals surface area contributed by atoms with Crippen LogP contribution >= 0.6 is 0 Å². The summed E-state index contributed by atoms with van der Waals surface area (Å²) in [6.45, 7) is 8.32. The summed E-state index contributed by atoms with van der Waals surface area (Å²) in [6, 6.07) is 0.744. The molecular weight excluding hydrogens is 172 g/mol. The van der Waals surface area contributed by atoms with Crippen LogP contribution in [0.5, 0.6) is 0 Å². The first-order chi connectivity index (χ1) is 6.81. The highest BCUT2D eigenvalue weighted by atomic mass is 15.1. The minimum Gasteiger partial charge on any atom is -0.315 e. The Morgan fingerprint density at radius 1 is 1.21 bits per heavy atom. The highest BCUT2D eigenvalue weighted by molar-refractivity contribution is 4.87. The lowest BCUT2D eigenvalue weighted by atomic mass is 10.1. The molecule has 0 radical (unpaired) electrons. The van der Waals surface area contributed by atoms with E-state index in [1.54, 1.807) is 0 Å². The Labute approximate surface area is 89.1 Å². The summed E-state index contributed by atoms with van der Waals surface area (Å²) in [6.07, 6.45) is 5.44. The van der Waals surface area contributed by atoms with Gasteiger partial charge in [-0.15, -0.1) is 0 Å². The fraction of sp³-hybridized carbons (Fsp3) is 1.00. The summed E-state index contributed by atoms with van der Waals surface area (Å²) in [5, 5.41) is 3.47. The van der Waals surface area contributed by atoms with Gasteiger partial charge in [0.15, 0.2) is 0 Å². The van der Waals surface area contributed by atoms with Gasteiger partial charge in [-0.2, -0.15) is 0 Å². The van der Waals surface area contributed by atoms with E-state index < -0.39 is 0 Å². The van der Waals surface area contributed by atoms with Gasteiger partial charge in [0.05, 0.1) is 0 Å². The predicted molar refractivity (Wildman–Crippen MR) is 62.6 cm³/mol. The SMILES string of the molecule is CCCN(CCC)CC(NC)C1CC1. The van der Waals surface area contributed by atoms with Gasteiger partial charge in [-0.3, -0.25) is 0 Å². The van der Waals surface area contributed by atoms with Gasteiger partial charge < -0.3 is 10.2 Å². The topological polar surface area (TPSA) is 15.3 Å². The molecule has 0 aromatic rings. The summed E-state index contributed by atoms with van der Waals surface area (Å²) in [4.78, 5) is 2.61. The van der Waals surface area contributed by atoms with E-state index in [0.29, 0.717) is 0 Å². The van der Waals surface area contributed by atoms with E-state index in [-0.39, 0.29) is 0 Å². The third-order valence-electron chi connectivity index (χ3n) is 3.10. The van der Waals surface area contributed by atoms with Crippen molar-refractivity contribution in [3.05, 3.63) is 0 Å². The van der Waals surface area contributed by atoms with Gasteiger partial charge in [-0.05, 0) is 51.7 Å². The van der Waals surface area contributed by atoms with Crippen LogP contribution in [0, 0.1) is 5.92 Å². The molecule has 0 aromatic carbocycles. The first-order valence-corrected chi connectivity index (χ1v) is 6.21. The Hall–Kier alpha value is -0.0800. The third-order valence-corrected chi connectivity index (χ3v) is 3.10. The molecule has 0 saturated heterocycles. The lowest BCUT2D eigenvalue weighted by Crippen LogP contribution is -2.41. The average Bonchev–Trinajstić information content (AvgIpc) is 2.98. The summed E-state index contributed by atoms with van der Waals surface area (Å²) < 4.78 is 0. The van der Waals surface area contributed by atoms with Crippen molar-refractivity contribution in [2.75, 3.05) is 26.7 Å². The molecule has 0 bridgehead atoms. The van der Waals surface area contributed by atoms with E-state index in [4.69, 9.17) is 0 Å². The molecular formula is C12H26N2. The smallest absolute Gasteiger partial charge is 0.0220 e. The van der Waals surface area contributed by atoms with Crippen LogP contribution in [-0.4, -0.2) is 37.6 Å². The van der Waals surface area contributed by atoms with Crippen LogP contribution in [0.2, 0.25) is 0 Å². The van der Waals surface area contributed by atoms with Crippen LogP contribution in [0.15, 0.2) is 0 Å². The lowest BCUT2D eigenvalue weighted by molar-refractivity contribution is 0.236. The van der Waals surface area contributed by atoms with Crippen molar-refractivity contribution in [3.8, 4) is 0 Å². The number of rotatable bonds is 8. The number of hydrogen-bond donors (Lipinski definition) is 1. The van der Waals surface area contributed by atoms with Gasteiger partial charge in [0.2, 0.25) is 0 Å². The molecule has 1 aliphatic carbocycles. The number of hydrogen-bond acceptors (Lipinski definition) is 2. The molecule has 1 rings (SSSR count). The lowest BCUT2D eigenvalue weighted by Gasteiger charge is -2.26. The minimum absolute atomic E-state index is 0.744. The number of likely N-dealkylation sites (N-methyl/N-ethyl adjacent to an activating group) is 1. The van der Waals surface area contributed by atoms with E-state index in [0.717, 1.165) is 12.0 Å². The maximum Gasteiger partial charge on any atom is 0.0220 e. The van der Waals surface area contributed by atoms with E-state index in [1.807, 2.05) is 0 Å². The molecule has 1 atom stereocenters. The van der Waals surface area contributed by atoms with Crippen LogP contribution in [0.25, 0.3) is 0 Å². The zero-order valence-electron chi connectivity index (χ0n) is 10.1. The predicted octanol–water partition coefficient (Wildman–Crippen LogP) is 2.11. The number of nitrogens with zero attached hydrogens (tertiary/aromatic N) is 1. The van der Waals surface area contributed by atoms with Crippen molar-refractivity contribution in [2.24, 2.45) is 5.92 Å². The second-order valence-corrected chi connectivity index (χ2v) is 4.53. The summed E-state index contributed by atoms with van der Waals surface area (Å²) in [5.41, 5.74) is 0. The van der Waals surface area contributed by atoms with Gasteiger partial charge >= 0.3 is 0 Å².